The number of benzene rings is 1. The Morgan fingerprint density at radius 1 is 1.24 bits per heavy atom. The summed E-state index contributed by atoms with van der Waals surface area (Å²) in [5, 5.41) is 9.47. The van der Waals surface area contributed by atoms with Gasteiger partial charge in [-0.3, -0.25) is 4.40 Å². The number of nitrogens with zero attached hydrogens (tertiary/aromatic N) is 2. The molecule has 0 aliphatic carbocycles. The Morgan fingerprint density at radius 2 is 2.00 bits per heavy atom. The molecule has 0 amide bonds. The molecule has 0 aliphatic rings. The van der Waals surface area contributed by atoms with E-state index in [9.17, 15) is 14.3 Å². The molecule has 3 aromatic rings. The van der Waals surface area contributed by atoms with Gasteiger partial charge in [0.1, 0.15) is 17.2 Å². The highest BCUT2D eigenvalue weighted by atomic mass is 19.1. The SMILES string of the molecule is Cc1ccc(-c2nc3ccc(F)cn3c2C(=O)O)c(C)c1. The predicted molar refractivity (Wildman–Crippen MR) is 77.0 cm³/mol. The summed E-state index contributed by atoms with van der Waals surface area (Å²) in [6.07, 6.45) is 1.14. The maximum atomic E-state index is 13.4. The molecule has 3 rings (SSSR count). The van der Waals surface area contributed by atoms with Crippen molar-refractivity contribution in [3.05, 3.63) is 59.2 Å². The molecule has 0 fully saturated rings. The van der Waals surface area contributed by atoms with Crippen LogP contribution < -0.4 is 0 Å². The molecule has 2 aromatic heterocycles. The van der Waals surface area contributed by atoms with E-state index in [1.165, 1.54) is 16.5 Å². The molecule has 0 aliphatic heterocycles. The zero-order valence-corrected chi connectivity index (χ0v) is 11.6. The third kappa shape index (κ3) is 2.16. The number of halogens is 1. The monoisotopic (exact) mass is 284 g/mol. The smallest absolute Gasteiger partial charge is 0.355 e. The van der Waals surface area contributed by atoms with Crippen molar-refractivity contribution in [3.63, 3.8) is 0 Å². The lowest BCUT2D eigenvalue weighted by Gasteiger charge is -2.05. The summed E-state index contributed by atoms with van der Waals surface area (Å²) in [6, 6.07) is 8.44. The van der Waals surface area contributed by atoms with Crippen LogP contribution in [-0.2, 0) is 0 Å². The number of pyridine rings is 1. The van der Waals surface area contributed by atoms with E-state index in [2.05, 4.69) is 4.98 Å². The topological polar surface area (TPSA) is 54.6 Å². The van der Waals surface area contributed by atoms with Crippen LogP contribution in [0.5, 0.6) is 0 Å². The van der Waals surface area contributed by atoms with Gasteiger partial charge in [0, 0.05) is 11.8 Å². The van der Waals surface area contributed by atoms with Crippen LogP contribution in [0.4, 0.5) is 4.39 Å². The highest BCUT2D eigenvalue weighted by Gasteiger charge is 2.21. The lowest BCUT2D eigenvalue weighted by atomic mass is 10.0. The number of aryl methyl sites for hydroxylation is 2. The zero-order chi connectivity index (χ0) is 15.1. The van der Waals surface area contributed by atoms with E-state index in [0.29, 0.717) is 11.3 Å². The summed E-state index contributed by atoms with van der Waals surface area (Å²) in [7, 11) is 0. The van der Waals surface area contributed by atoms with Crippen LogP contribution in [-0.4, -0.2) is 20.5 Å². The number of imidazole rings is 1. The Bertz CT molecular complexity index is 868. The first-order valence-electron chi connectivity index (χ1n) is 6.46. The van der Waals surface area contributed by atoms with E-state index < -0.39 is 11.8 Å². The van der Waals surface area contributed by atoms with Crippen LogP contribution in [0.1, 0.15) is 21.6 Å². The molecule has 0 saturated carbocycles. The Kier molecular flexibility index (Phi) is 2.97. The second kappa shape index (κ2) is 4.70. The molecule has 0 bridgehead atoms. The number of carboxylic acid groups (broad SMARTS) is 1. The van der Waals surface area contributed by atoms with Crippen LogP contribution in [0, 0.1) is 19.7 Å². The highest BCUT2D eigenvalue weighted by Crippen LogP contribution is 2.28. The highest BCUT2D eigenvalue weighted by molar-refractivity contribution is 5.95. The minimum Gasteiger partial charge on any atom is -0.476 e. The van der Waals surface area contributed by atoms with Crippen LogP contribution in [0.15, 0.2) is 36.5 Å². The largest absolute Gasteiger partial charge is 0.476 e. The van der Waals surface area contributed by atoms with Gasteiger partial charge >= 0.3 is 5.97 Å². The van der Waals surface area contributed by atoms with E-state index >= 15 is 0 Å². The summed E-state index contributed by atoms with van der Waals surface area (Å²) >= 11 is 0. The van der Waals surface area contributed by atoms with Gasteiger partial charge in [-0.15, -0.1) is 0 Å². The van der Waals surface area contributed by atoms with Crippen molar-refractivity contribution in [3.8, 4) is 11.3 Å². The third-order valence-corrected chi connectivity index (χ3v) is 3.42. The van der Waals surface area contributed by atoms with Gasteiger partial charge in [-0.1, -0.05) is 23.8 Å². The molecule has 0 spiro atoms. The number of aromatic nitrogens is 2. The van der Waals surface area contributed by atoms with Crippen molar-refractivity contribution in [2.45, 2.75) is 13.8 Å². The molecule has 1 aromatic carbocycles. The number of hydrogen-bond acceptors (Lipinski definition) is 2. The molecule has 0 saturated heterocycles. The maximum absolute atomic E-state index is 13.4. The molecule has 4 nitrogen and oxygen atoms in total. The Hall–Kier alpha value is -2.69. The molecule has 21 heavy (non-hydrogen) atoms. The van der Waals surface area contributed by atoms with Crippen molar-refractivity contribution in [1.82, 2.24) is 9.38 Å². The van der Waals surface area contributed by atoms with Gasteiger partial charge in [0.2, 0.25) is 0 Å². The second-order valence-electron chi connectivity index (χ2n) is 5.01. The Morgan fingerprint density at radius 3 is 2.67 bits per heavy atom. The number of aromatic carboxylic acids is 1. The third-order valence-electron chi connectivity index (χ3n) is 3.42. The van der Waals surface area contributed by atoms with E-state index in [1.54, 1.807) is 0 Å². The van der Waals surface area contributed by atoms with Crippen LogP contribution >= 0.6 is 0 Å². The average molecular weight is 284 g/mol. The first kappa shape index (κ1) is 13.3. The predicted octanol–water partition coefficient (Wildman–Crippen LogP) is 3.46. The van der Waals surface area contributed by atoms with Gasteiger partial charge in [0.25, 0.3) is 0 Å². The van der Waals surface area contributed by atoms with Crippen molar-refractivity contribution >= 4 is 11.6 Å². The Balaban J connectivity index is 2.36. The van der Waals surface area contributed by atoms with Gasteiger partial charge in [-0.2, -0.15) is 0 Å². The summed E-state index contributed by atoms with van der Waals surface area (Å²) < 4.78 is 14.7. The molecular weight excluding hydrogens is 271 g/mol. The summed E-state index contributed by atoms with van der Waals surface area (Å²) in [5.41, 5.74) is 3.48. The zero-order valence-electron chi connectivity index (χ0n) is 11.6. The van der Waals surface area contributed by atoms with Gasteiger partial charge < -0.3 is 5.11 Å². The average Bonchev–Trinajstić information content (AvgIpc) is 2.76. The first-order chi connectivity index (χ1) is 9.97. The molecule has 1 N–H and O–H groups in total. The number of rotatable bonds is 2. The molecule has 2 heterocycles. The molecule has 5 heteroatoms. The molecule has 0 atom stereocenters. The van der Waals surface area contributed by atoms with Crippen LogP contribution in [0.2, 0.25) is 0 Å². The fourth-order valence-electron chi connectivity index (χ4n) is 2.49. The van der Waals surface area contributed by atoms with Crippen molar-refractivity contribution in [2.24, 2.45) is 0 Å². The fraction of sp³-hybridized carbons (Fsp3) is 0.125. The summed E-state index contributed by atoms with van der Waals surface area (Å²) in [6.45, 7) is 3.87. The molecular formula is C16H13FN2O2. The van der Waals surface area contributed by atoms with E-state index in [0.717, 1.165) is 22.9 Å². The van der Waals surface area contributed by atoms with E-state index in [4.69, 9.17) is 0 Å². The number of carbonyl (C=O) groups is 1. The van der Waals surface area contributed by atoms with Gasteiger partial charge in [0.05, 0.1) is 0 Å². The molecule has 106 valence electrons. The lowest BCUT2D eigenvalue weighted by Crippen LogP contribution is -2.04. The maximum Gasteiger partial charge on any atom is 0.355 e. The second-order valence-corrected chi connectivity index (χ2v) is 5.01. The minimum atomic E-state index is -1.14. The van der Waals surface area contributed by atoms with Crippen molar-refractivity contribution < 1.29 is 14.3 Å². The van der Waals surface area contributed by atoms with Gasteiger partial charge in [-0.25, -0.2) is 14.2 Å². The number of carboxylic acids is 1. The van der Waals surface area contributed by atoms with Crippen LogP contribution in [0.3, 0.4) is 0 Å². The molecule has 0 radical (unpaired) electrons. The van der Waals surface area contributed by atoms with Gasteiger partial charge in [-0.05, 0) is 31.5 Å². The fourth-order valence-corrected chi connectivity index (χ4v) is 2.49. The minimum absolute atomic E-state index is 0.0311. The normalized spacial score (nSPS) is 11.0. The number of fused-ring (bicyclic) bond motifs is 1. The van der Waals surface area contributed by atoms with E-state index in [1.807, 2.05) is 32.0 Å². The van der Waals surface area contributed by atoms with Crippen LogP contribution in [0.25, 0.3) is 16.9 Å². The van der Waals surface area contributed by atoms with Gasteiger partial charge in [0.15, 0.2) is 5.69 Å². The van der Waals surface area contributed by atoms with Crippen molar-refractivity contribution in [2.75, 3.05) is 0 Å². The van der Waals surface area contributed by atoms with Crippen molar-refractivity contribution in [1.29, 1.82) is 0 Å². The summed E-state index contributed by atoms with van der Waals surface area (Å²) in [4.78, 5) is 15.9. The summed E-state index contributed by atoms with van der Waals surface area (Å²) in [5.74, 6) is -1.64. The first-order valence-corrected chi connectivity index (χ1v) is 6.46. The molecule has 0 unspecified atom stereocenters. The Labute approximate surface area is 120 Å². The number of hydrogen-bond donors (Lipinski definition) is 1. The quantitative estimate of drug-likeness (QED) is 0.784. The lowest BCUT2D eigenvalue weighted by molar-refractivity contribution is 0.0690. The van der Waals surface area contributed by atoms with E-state index in [-0.39, 0.29) is 5.69 Å². The standard InChI is InChI=1S/C16H13FN2O2/c1-9-3-5-12(10(2)7-9)14-15(16(20)21)19-8-11(17)4-6-13(19)18-14/h3-8H,1-2H3,(H,20,21).